The highest BCUT2D eigenvalue weighted by Gasteiger charge is 2.48. The molecular weight excluding hydrogens is 293 g/mol. The molecule has 0 spiro atoms. The molecule has 0 radical (unpaired) electrons. The van der Waals surface area contributed by atoms with Gasteiger partial charge in [0.2, 0.25) is 0 Å². The highest BCUT2D eigenvalue weighted by molar-refractivity contribution is 7.99. The van der Waals surface area contributed by atoms with Gasteiger partial charge in [0.05, 0.1) is 11.5 Å². The van der Waals surface area contributed by atoms with Crippen molar-refractivity contribution in [3.8, 4) is 11.5 Å². The average molecular weight is 300 g/mol. The first kappa shape index (κ1) is 13.3. The third-order valence-corrected chi connectivity index (χ3v) is 3.98. The molecule has 1 aliphatic rings. The minimum absolute atomic E-state index is 0.385. The number of hydrogen-bond acceptors (Lipinski definition) is 5. The van der Waals surface area contributed by atoms with Gasteiger partial charge in [-0.2, -0.15) is 21.6 Å². The van der Waals surface area contributed by atoms with Crippen LogP contribution in [0.15, 0.2) is 23.1 Å². The highest BCUT2D eigenvalue weighted by Crippen LogP contribution is 2.37. The molecule has 1 aliphatic heterocycles. The summed E-state index contributed by atoms with van der Waals surface area (Å²) in [7, 11) is -5.63. The summed E-state index contributed by atoms with van der Waals surface area (Å²) >= 11 is 1.36. The van der Waals surface area contributed by atoms with Gasteiger partial charge in [0.25, 0.3) is 0 Å². The molecule has 0 unspecified atom stereocenters. The van der Waals surface area contributed by atoms with Gasteiger partial charge in [-0.3, -0.25) is 0 Å². The van der Waals surface area contributed by atoms with E-state index < -0.39 is 15.6 Å². The zero-order valence-corrected chi connectivity index (χ0v) is 10.4. The summed E-state index contributed by atoms with van der Waals surface area (Å²) in [5, 5.41) is 0. The Morgan fingerprint density at radius 2 is 2.06 bits per heavy atom. The van der Waals surface area contributed by atoms with Gasteiger partial charge in [0, 0.05) is 5.75 Å². The smallest absolute Gasteiger partial charge is 0.492 e. The van der Waals surface area contributed by atoms with Crippen LogP contribution < -0.4 is 8.92 Å². The van der Waals surface area contributed by atoms with Crippen LogP contribution in [0.3, 0.4) is 0 Å². The van der Waals surface area contributed by atoms with Gasteiger partial charge in [-0.1, -0.05) is 0 Å². The van der Waals surface area contributed by atoms with Crippen LogP contribution in [0.1, 0.15) is 0 Å². The minimum Gasteiger partial charge on any atom is -0.492 e. The Hall–Kier alpha value is -1.09. The lowest BCUT2D eigenvalue weighted by Gasteiger charge is -2.17. The first-order chi connectivity index (χ1) is 8.29. The molecule has 0 N–H and O–H groups in total. The summed E-state index contributed by atoms with van der Waals surface area (Å²) in [6, 6.07) is 3.71. The number of halogens is 3. The SMILES string of the molecule is O=S(=O)(Oc1ccc2c(c1)SCCO2)C(F)(F)F. The highest BCUT2D eigenvalue weighted by atomic mass is 32.2. The third kappa shape index (κ3) is 2.66. The van der Waals surface area contributed by atoms with E-state index in [1.54, 1.807) is 0 Å². The molecule has 4 nitrogen and oxygen atoms in total. The van der Waals surface area contributed by atoms with Crippen LogP contribution in [0.4, 0.5) is 13.2 Å². The second-order valence-electron chi connectivity index (χ2n) is 3.29. The maximum atomic E-state index is 12.1. The summed E-state index contributed by atoms with van der Waals surface area (Å²) in [5.41, 5.74) is -5.44. The van der Waals surface area contributed by atoms with Crippen LogP contribution in [0.5, 0.6) is 11.5 Å². The average Bonchev–Trinajstić information content (AvgIpc) is 2.27. The molecule has 0 bridgehead atoms. The minimum atomic E-state index is -5.63. The van der Waals surface area contributed by atoms with E-state index in [-0.39, 0.29) is 5.75 Å². The molecule has 9 heteroatoms. The van der Waals surface area contributed by atoms with Gasteiger partial charge >= 0.3 is 15.6 Å². The van der Waals surface area contributed by atoms with E-state index in [1.807, 2.05) is 0 Å². The van der Waals surface area contributed by atoms with Crippen molar-refractivity contribution in [2.45, 2.75) is 10.4 Å². The van der Waals surface area contributed by atoms with Gasteiger partial charge in [0.1, 0.15) is 11.5 Å². The van der Waals surface area contributed by atoms with Crippen LogP contribution >= 0.6 is 11.8 Å². The molecule has 0 aliphatic carbocycles. The van der Waals surface area contributed by atoms with Crippen LogP contribution in [-0.4, -0.2) is 26.3 Å². The summed E-state index contributed by atoms with van der Waals surface area (Å²) in [6.07, 6.45) is 0. The number of thioether (sulfide) groups is 1. The number of fused-ring (bicyclic) bond motifs is 1. The van der Waals surface area contributed by atoms with Gasteiger partial charge < -0.3 is 8.92 Å². The summed E-state index contributed by atoms with van der Waals surface area (Å²) < 4.78 is 67.2. The Labute approximate surface area is 105 Å². The lowest BCUT2D eigenvalue weighted by atomic mass is 10.3. The summed E-state index contributed by atoms with van der Waals surface area (Å²) in [4.78, 5) is 0.552. The van der Waals surface area contributed by atoms with E-state index in [4.69, 9.17) is 4.74 Å². The largest absolute Gasteiger partial charge is 0.534 e. The van der Waals surface area contributed by atoms with Crippen molar-refractivity contribution in [2.75, 3.05) is 12.4 Å². The Morgan fingerprint density at radius 1 is 1.33 bits per heavy atom. The number of ether oxygens (including phenoxy) is 1. The molecule has 0 saturated heterocycles. The summed E-state index contributed by atoms with van der Waals surface area (Å²) in [6.45, 7) is 0.499. The quantitative estimate of drug-likeness (QED) is 0.620. The summed E-state index contributed by atoms with van der Waals surface area (Å²) in [5.74, 6) is 0.759. The van der Waals surface area contributed by atoms with Crippen molar-refractivity contribution < 1.29 is 30.5 Å². The van der Waals surface area contributed by atoms with Crippen molar-refractivity contribution in [1.29, 1.82) is 0 Å². The van der Waals surface area contributed by atoms with E-state index in [1.165, 1.54) is 23.9 Å². The molecule has 2 rings (SSSR count). The zero-order valence-electron chi connectivity index (χ0n) is 8.73. The Balaban J connectivity index is 2.26. The van der Waals surface area contributed by atoms with Crippen LogP contribution in [0, 0.1) is 0 Å². The predicted molar refractivity (Wildman–Crippen MR) is 58.3 cm³/mol. The number of hydrogen-bond donors (Lipinski definition) is 0. The number of rotatable bonds is 2. The third-order valence-electron chi connectivity index (χ3n) is 2.00. The Kier molecular flexibility index (Phi) is 3.37. The van der Waals surface area contributed by atoms with E-state index in [0.29, 0.717) is 23.0 Å². The van der Waals surface area contributed by atoms with E-state index in [2.05, 4.69) is 4.18 Å². The second kappa shape index (κ2) is 4.54. The second-order valence-corrected chi connectivity index (χ2v) is 5.96. The maximum Gasteiger partial charge on any atom is 0.534 e. The molecule has 18 heavy (non-hydrogen) atoms. The van der Waals surface area contributed by atoms with E-state index >= 15 is 0 Å². The van der Waals surface area contributed by atoms with Crippen molar-refractivity contribution in [2.24, 2.45) is 0 Å². The van der Waals surface area contributed by atoms with Crippen LogP contribution in [0.25, 0.3) is 0 Å². The Bertz CT molecular complexity index is 553. The lowest BCUT2D eigenvalue weighted by Crippen LogP contribution is -2.28. The molecule has 0 atom stereocenters. The number of alkyl halides is 3. The first-order valence-electron chi connectivity index (χ1n) is 4.70. The molecule has 0 aromatic heterocycles. The van der Waals surface area contributed by atoms with Crippen LogP contribution in [0.2, 0.25) is 0 Å². The van der Waals surface area contributed by atoms with Gasteiger partial charge in [-0.15, -0.1) is 11.8 Å². The van der Waals surface area contributed by atoms with Gasteiger partial charge in [-0.25, -0.2) is 0 Å². The van der Waals surface area contributed by atoms with E-state index in [9.17, 15) is 21.6 Å². The predicted octanol–water partition coefficient (Wildman–Crippen LogP) is 2.40. The fourth-order valence-corrected chi connectivity index (χ4v) is 2.56. The monoisotopic (exact) mass is 300 g/mol. The normalized spacial score (nSPS) is 15.7. The molecule has 0 saturated carbocycles. The van der Waals surface area contributed by atoms with Crippen LogP contribution in [-0.2, 0) is 10.1 Å². The van der Waals surface area contributed by atoms with Gasteiger partial charge in [0.15, 0.2) is 0 Å². The molecule has 0 fully saturated rings. The molecule has 1 aromatic carbocycles. The Morgan fingerprint density at radius 3 is 2.72 bits per heavy atom. The van der Waals surface area contributed by atoms with Crippen molar-refractivity contribution in [1.82, 2.24) is 0 Å². The zero-order chi connectivity index (χ0) is 13.4. The van der Waals surface area contributed by atoms with Crippen molar-refractivity contribution in [3.63, 3.8) is 0 Å². The van der Waals surface area contributed by atoms with Crippen molar-refractivity contribution in [3.05, 3.63) is 18.2 Å². The molecular formula is C9H7F3O4S2. The van der Waals surface area contributed by atoms with Gasteiger partial charge in [-0.05, 0) is 18.2 Å². The lowest BCUT2D eigenvalue weighted by molar-refractivity contribution is -0.0500. The molecule has 1 heterocycles. The van der Waals surface area contributed by atoms with E-state index in [0.717, 1.165) is 6.07 Å². The maximum absolute atomic E-state index is 12.1. The molecule has 100 valence electrons. The van der Waals surface area contributed by atoms with Crippen molar-refractivity contribution >= 4 is 21.9 Å². The number of benzene rings is 1. The molecule has 0 amide bonds. The fraction of sp³-hybridized carbons (Fsp3) is 0.333. The fourth-order valence-electron chi connectivity index (χ4n) is 1.25. The standard InChI is InChI=1S/C9H7F3O4S2/c10-9(11,12)18(13,14)16-6-1-2-7-8(5-6)17-4-3-15-7/h1-2,5H,3-4H2. The topological polar surface area (TPSA) is 52.6 Å². The first-order valence-corrected chi connectivity index (χ1v) is 7.09. The molecule has 1 aromatic rings.